The predicted molar refractivity (Wildman–Crippen MR) is 74.7 cm³/mol. The normalized spacial score (nSPS) is 10.9. The number of benzene rings is 1. The lowest BCUT2D eigenvalue weighted by Gasteiger charge is -2.24. The zero-order valence-corrected chi connectivity index (χ0v) is 12.1. The number of carbonyl (C=O) groups is 2. The van der Waals surface area contributed by atoms with Crippen LogP contribution in [-0.4, -0.2) is 34.7 Å². The van der Waals surface area contributed by atoms with Crippen LogP contribution in [0.2, 0.25) is 0 Å². The highest BCUT2D eigenvalue weighted by atomic mass is 16.6. The van der Waals surface area contributed by atoms with Gasteiger partial charge in [-0.15, -0.1) is 0 Å². The van der Waals surface area contributed by atoms with E-state index in [1.807, 2.05) is 0 Å². The number of aromatic carboxylic acids is 1. The van der Waals surface area contributed by atoms with E-state index in [-0.39, 0.29) is 5.69 Å². The Labute approximate surface area is 121 Å². The number of anilines is 1. The quantitative estimate of drug-likeness (QED) is 0.678. The van der Waals surface area contributed by atoms with Gasteiger partial charge in [0.2, 0.25) is 0 Å². The summed E-state index contributed by atoms with van der Waals surface area (Å²) >= 11 is 0. The van der Waals surface area contributed by atoms with Crippen molar-refractivity contribution in [3.05, 3.63) is 33.9 Å². The molecule has 0 unspecified atom stereocenters. The van der Waals surface area contributed by atoms with Gasteiger partial charge in [0.05, 0.1) is 4.92 Å². The fourth-order valence-corrected chi connectivity index (χ4v) is 1.50. The van der Waals surface area contributed by atoms with Gasteiger partial charge in [-0.1, -0.05) is 0 Å². The maximum Gasteiger partial charge on any atom is 0.414 e. The van der Waals surface area contributed by atoms with E-state index in [1.165, 1.54) is 13.1 Å². The van der Waals surface area contributed by atoms with Crippen LogP contribution in [0.25, 0.3) is 0 Å². The van der Waals surface area contributed by atoms with E-state index < -0.39 is 33.8 Å². The van der Waals surface area contributed by atoms with Crippen molar-refractivity contribution in [1.82, 2.24) is 0 Å². The zero-order valence-electron chi connectivity index (χ0n) is 12.1. The molecule has 0 aliphatic heterocycles. The van der Waals surface area contributed by atoms with E-state index in [9.17, 15) is 19.7 Å². The standard InChI is InChI=1S/C13H16N2O6/c1-13(2,3)21-12(18)14(4)8-5-6-10(15(19)20)9(7-8)11(16)17/h5-7H,1-4H3,(H,16,17). The predicted octanol–water partition coefficient (Wildman–Crippen LogP) is 2.66. The van der Waals surface area contributed by atoms with Gasteiger partial charge in [0.15, 0.2) is 0 Å². The number of carbonyl (C=O) groups excluding carboxylic acids is 1. The number of nitro groups is 1. The Bertz CT molecular complexity index is 591. The third-order valence-electron chi connectivity index (χ3n) is 2.46. The van der Waals surface area contributed by atoms with E-state index in [1.54, 1.807) is 20.8 Å². The van der Waals surface area contributed by atoms with Crippen LogP contribution in [0, 0.1) is 10.1 Å². The van der Waals surface area contributed by atoms with Gasteiger partial charge in [0.25, 0.3) is 5.69 Å². The number of hydrogen-bond acceptors (Lipinski definition) is 5. The minimum Gasteiger partial charge on any atom is -0.477 e. The first-order valence-corrected chi connectivity index (χ1v) is 6.01. The van der Waals surface area contributed by atoms with Crippen LogP contribution in [0.1, 0.15) is 31.1 Å². The summed E-state index contributed by atoms with van der Waals surface area (Å²) in [5, 5.41) is 19.8. The SMILES string of the molecule is CN(C(=O)OC(C)(C)C)c1ccc([N+](=O)[O-])c(C(=O)O)c1. The van der Waals surface area contributed by atoms with Gasteiger partial charge >= 0.3 is 12.1 Å². The minimum absolute atomic E-state index is 0.187. The first-order chi connectivity index (χ1) is 9.53. The number of rotatable bonds is 3. The molecule has 8 nitrogen and oxygen atoms in total. The van der Waals surface area contributed by atoms with Gasteiger partial charge in [-0.2, -0.15) is 0 Å². The van der Waals surface area contributed by atoms with Gasteiger partial charge in [0, 0.05) is 18.8 Å². The summed E-state index contributed by atoms with van der Waals surface area (Å²) in [6, 6.07) is 3.39. The molecule has 1 aromatic carbocycles. The van der Waals surface area contributed by atoms with Crippen LogP contribution in [0.4, 0.5) is 16.2 Å². The molecule has 0 saturated carbocycles. The first kappa shape index (κ1) is 16.4. The van der Waals surface area contributed by atoms with Gasteiger partial charge in [-0.05, 0) is 32.9 Å². The molecule has 0 atom stereocenters. The second kappa shape index (κ2) is 5.78. The molecule has 0 radical (unpaired) electrons. The van der Waals surface area contributed by atoms with E-state index in [0.717, 1.165) is 17.0 Å². The molecule has 0 heterocycles. The smallest absolute Gasteiger partial charge is 0.414 e. The number of nitrogens with zero attached hydrogens (tertiary/aromatic N) is 2. The van der Waals surface area contributed by atoms with Crippen LogP contribution >= 0.6 is 0 Å². The van der Waals surface area contributed by atoms with E-state index >= 15 is 0 Å². The van der Waals surface area contributed by atoms with Crippen molar-refractivity contribution in [2.75, 3.05) is 11.9 Å². The van der Waals surface area contributed by atoms with E-state index in [4.69, 9.17) is 9.84 Å². The Morgan fingerprint density at radius 2 is 1.90 bits per heavy atom. The number of carboxylic acids is 1. The topological polar surface area (TPSA) is 110 Å². The third kappa shape index (κ3) is 4.16. The third-order valence-corrected chi connectivity index (χ3v) is 2.46. The largest absolute Gasteiger partial charge is 0.477 e. The fourth-order valence-electron chi connectivity index (χ4n) is 1.50. The maximum absolute atomic E-state index is 11.9. The zero-order chi connectivity index (χ0) is 16.4. The number of nitro benzene ring substituents is 1. The highest BCUT2D eigenvalue weighted by Gasteiger charge is 2.24. The summed E-state index contributed by atoms with van der Waals surface area (Å²) in [6.45, 7) is 5.08. The molecule has 0 aliphatic carbocycles. The van der Waals surface area contributed by atoms with Crippen molar-refractivity contribution in [2.24, 2.45) is 0 Å². The highest BCUT2D eigenvalue weighted by molar-refractivity contribution is 5.95. The molecule has 21 heavy (non-hydrogen) atoms. The average Bonchev–Trinajstić information content (AvgIpc) is 2.34. The summed E-state index contributed by atoms with van der Waals surface area (Å²) in [5.74, 6) is -1.44. The molecule has 0 fully saturated rings. The summed E-state index contributed by atoms with van der Waals surface area (Å²) in [7, 11) is 1.39. The Hall–Kier alpha value is -2.64. The van der Waals surface area contributed by atoms with Crippen molar-refractivity contribution in [3.63, 3.8) is 0 Å². The van der Waals surface area contributed by atoms with Crippen LogP contribution in [-0.2, 0) is 4.74 Å². The van der Waals surface area contributed by atoms with Crippen molar-refractivity contribution in [1.29, 1.82) is 0 Å². The van der Waals surface area contributed by atoms with Crippen LogP contribution < -0.4 is 4.90 Å². The molecule has 0 aliphatic rings. The fraction of sp³-hybridized carbons (Fsp3) is 0.385. The summed E-state index contributed by atoms with van der Waals surface area (Å²) < 4.78 is 5.14. The maximum atomic E-state index is 11.9. The molecular weight excluding hydrogens is 280 g/mol. The molecule has 0 spiro atoms. The first-order valence-electron chi connectivity index (χ1n) is 6.01. The summed E-state index contributed by atoms with van der Waals surface area (Å²) in [6.07, 6.45) is -0.687. The van der Waals surface area contributed by atoms with Gasteiger partial charge in [-0.25, -0.2) is 9.59 Å². The number of hydrogen-bond donors (Lipinski definition) is 1. The molecule has 1 amide bonds. The van der Waals surface area contributed by atoms with Crippen molar-refractivity contribution in [2.45, 2.75) is 26.4 Å². The molecule has 0 bridgehead atoms. The second-order valence-electron chi connectivity index (χ2n) is 5.30. The Kier molecular flexibility index (Phi) is 4.52. The lowest BCUT2D eigenvalue weighted by Crippen LogP contribution is -2.34. The summed E-state index contributed by atoms with van der Waals surface area (Å²) in [4.78, 5) is 34.0. The number of carboxylic acid groups (broad SMARTS) is 1. The summed E-state index contributed by atoms with van der Waals surface area (Å²) in [5.41, 5.74) is -1.55. The van der Waals surface area contributed by atoms with Crippen LogP contribution in [0.5, 0.6) is 0 Å². The molecular formula is C13H16N2O6. The molecule has 114 valence electrons. The molecule has 0 saturated heterocycles. The lowest BCUT2D eigenvalue weighted by atomic mass is 10.1. The van der Waals surface area contributed by atoms with Crippen LogP contribution in [0.15, 0.2) is 18.2 Å². The molecule has 1 N–H and O–H groups in total. The number of amides is 1. The van der Waals surface area contributed by atoms with Crippen molar-refractivity contribution >= 4 is 23.4 Å². The van der Waals surface area contributed by atoms with Gasteiger partial charge in [0.1, 0.15) is 11.2 Å². The molecule has 1 rings (SSSR count). The highest BCUT2D eigenvalue weighted by Crippen LogP contribution is 2.25. The van der Waals surface area contributed by atoms with Crippen LogP contribution in [0.3, 0.4) is 0 Å². The average molecular weight is 296 g/mol. The van der Waals surface area contributed by atoms with Gasteiger partial charge in [-0.3, -0.25) is 15.0 Å². The molecule has 1 aromatic rings. The lowest BCUT2D eigenvalue weighted by molar-refractivity contribution is -0.385. The monoisotopic (exact) mass is 296 g/mol. The second-order valence-corrected chi connectivity index (χ2v) is 5.30. The van der Waals surface area contributed by atoms with Gasteiger partial charge < -0.3 is 9.84 Å². The Balaban J connectivity index is 3.15. The molecule has 0 aromatic heterocycles. The minimum atomic E-state index is -1.44. The number of ether oxygens (including phenoxy) is 1. The van der Waals surface area contributed by atoms with E-state index in [2.05, 4.69) is 0 Å². The molecule has 8 heteroatoms. The Morgan fingerprint density at radius 1 is 1.33 bits per heavy atom. The van der Waals surface area contributed by atoms with E-state index in [0.29, 0.717) is 0 Å². The Morgan fingerprint density at radius 3 is 2.33 bits per heavy atom. The van der Waals surface area contributed by atoms with Crippen molar-refractivity contribution in [3.8, 4) is 0 Å². The van der Waals surface area contributed by atoms with Crippen molar-refractivity contribution < 1.29 is 24.4 Å².